The second-order valence-corrected chi connectivity index (χ2v) is 7.72. The highest BCUT2D eigenvalue weighted by Crippen LogP contribution is 2.29. The highest BCUT2D eigenvalue weighted by molar-refractivity contribution is 5.55. The number of rotatable bonds is 6. The van der Waals surface area contributed by atoms with E-state index >= 15 is 0 Å². The lowest BCUT2D eigenvalue weighted by Crippen LogP contribution is -2.23. The number of H-pyrrole nitrogens is 1. The first-order valence-corrected chi connectivity index (χ1v) is 10.3. The summed E-state index contributed by atoms with van der Waals surface area (Å²) in [6.45, 7) is 0.580. The summed E-state index contributed by atoms with van der Waals surface area (Å²) in [6.07, 6.45) is 18.6. The van der Waals surface area contributed by atoms with Crippen molar-refractivity contribution in [2.45, 2.75) is 43.9 Å². The van der Waals surface area contributed by atoms with Gasteiger partial charge in [0.25, 0.3) is 0 Å². The molecule has 7 heteroatoms. The third-order valence-electron chi connectivity index (χ3n) is 5.56. The summed E-state index contributed by atoms with van der Waals surface area (Å²) in [5, 5.41) is 10.6. The summed E-state index contributed by atoms with van der Waals surface area (Å²) in [5.74, 6) is 1.97. The summed E-state index contributed by atoms with van der Waals surface area (Å²) < 4.78 is 6.09. The first kappa shape index (κ1) is 18.7. The van der Waals surface area contributed by atoms with E-state index in [1.54, 1.807) is 12.4 Å². The Morgan fingerprint density at radius 1 is 1.13 bits per heavy atom. The summed E-state index contributed by atoms with van der Waals surface area (Å²) in [6, 6.07) is 6.09. The van der Waals surface area contributed by atoms with Crippen LogP contribution < -0.4 is 5.32 Å². The number of anilines is 1. The molecule has 0 saturated heterocycles. The number of nitrogens with zero attached hydrogens (tertiary/aromatic N) is 4. The van der Waals surface area contributed by atoms with Gasteiger partial charge in [-0.3, -0.25) is 10.1 Å². The largest absolute Gasteiger partial charge is 0.369 e. The third-order valence-corrected chi connectivity index (χ3v) is 5.56. The van der Waals surface area contributed by atoms with Crippen molar-refractivity contribution in [3.63, 3.8) is 0 Å². The lowest BCUT2D eigenvalue weighted by Gasteiger charge is -2.25. The molecule has 0 saturated carbocycles. The number of hydrogen-bond donors (Lipinski definition) is 2. The van der Waals surface area contributed by atoms with Crippen molar-refractivity contribution in [3.05, 3.63) is 83.9 Å². The van der Waals surface area contributed by atoms with E-state index in [1.165, 1.54) is 5.56 Å². The predicted octanol–water partition coefficient (Wildman–Crippen LogP) is 3.66. The Hall–Kier alpha value is -3.32. The Morgan fingerprint density at radius 3 is 3.00 bits per heavy atom. The molecule has 5 rings (SSSR count). The Kier molecular flexibility index (Phi) is 5.35. The number of pyridine rings is 1. The molecule has 2 aliphatic carbocycles. The van der Waals surface area contributed by atoms with Gasteiger partial charge in [0.15, 0.2) is 0 Å². The van der Waals surface area contributed by atoms with Crippen LogP contribution in [0.2, 0.25) is 0 Å². The monoisotopic (exact) mass is 400 g/mol. The molecule has 3 aromatic heterocycles. The maximum atomic E-state index is 6.09. The quantitative estimate of drug-likeness (QED) is 0.614. The molecule has 0 spiro atoms. The van der Waals surface area contributed by atoms with Crippen molar-refractivity contribution in [2.24, 2.45) is 0 Å². The maximum absolute atomic E-state index is 6.09. The molecule has 0 aromatic carbocycles. The maximum Gasteiger partial charge on any atom is 0.134 e. The number of ether oxygens (including phenoxy) is 1. The fourth-order valence-corrected chi connectivity index (χ4v) is 3.95. The summed E-state index contributed by atoms with van der Waals surface area (Å²) in [4.78, 5) is 13.4. The highest BCUT2D eigenvalue weighted by Gasteiger charge is 2.23. The van der Waals surface area contributed by atoms with Gasteiger partial charge in [-0.25, -0.2) is 9.97 Å². The molecule has 2 aliphatic rings. The zero-order chi connectivity index (χ0) is 20.2. The molecule has 0 aliphatic heterocycles. The molecule has 7 nitrogen and oxygen atoms in total. The minimum atomic E-state index is 0.0675. The number of aromatic amines is 1. The van der Waals surface area contributed by atoms with Gasteiger partial charge in [-0.15, -0.1) is 0 Å². The van der Waals surface area contributed by atoms with Gasteiger partial charge in [0.2, 0.25) is 0 Å². The van der Waals surface area contributed by atoms with Gasteiger partial charge < -0.3 is 10.1 Å². The van der Waals surface area contributed by atoms with Crippen LogP contribution >= 0.6 is 0 Å². The van der Waals surface area contributed by atoms with E-state index in [2.05, 4.69) is 49.8 Å². The van der Waals surface area contributed by atoms with E-state index in [1.807, 2.05) is 30.6 Å². The molecule has 0 amide bonds. The number of allylic oxidation sites excluding steroid dienone is 1. The van der Waals surface area contributed by atoms with E-state index in [4.69, 9.17) is 9.72 Å². The predicted molar refractivity (Wildman–Crippen MR) is 115 cm³/mol. The first-order valence-electron chi connectivity index (χ1n) is 10.3. The van der Waals surface area contributed by atoms with E-state index in [0.717, 1.165) is 42.2 Å². The van der Waals surface area contributed by atoms with E-state index in [-0.39, 0.29) is 18.1 Å². The average molecular weight is 400 g/mol. The number of fused-ring (bicyclic) bond motifs is 1. The SMILES string of the molecule is C1=CC(OCc2ccncc2)CC(c2nccc(NC3C=Cc4[nH]ncc4C3)n2)C1. The highest BCUT2D eigenvalue weighted by atomic mass is 16.5. The normalized spacial score (nSPS) is 22.6. The van der Waals surface area contributed by atoms with Crippen LogP contribution in [0.4, 0.5) is 5.82 Å². The van der Waals surface area contributed by atoms with Crippen molar-refractivity contribution in [3.8, 4) is 0 Å². The average Bonchev–Trinajstić information content (AvgIpc) is 3.27. The first-order chi connectivity index (χ1) is 14.8. The van der Waals surface area contributed by atoms with Crippen molar-refractivity contribution < 1.29 is 4.74 Å². The number of aromatic nitrogens is 5. The second kappa shape index (κ2) is 8.59. The molecule has 2 N–H and O–H groups in total. The summed E-state index contributed by atoms with van der Waals surface area (Å²) >= 11 is 0. The zero-order valence-corrected chi connectivity index (χ0v) is 16.6. The molecule has 3 atom stereocenters. The van der Waals surface area contributed by atoms with Crippen LogP contribution in [-0.2, 0) is 17.8 Å². The van der Waals surface area contributed by atoms with Crippen molar-refractivity contribution in [1.29, 1.82) is 0 Å². The molecular formula is C23H24N6O. The molecule has 30 heavy (non-hydrogen) atoms. The van der Waals surface area contributed by atoms with E-state index in [9.17, 15) is 0 Å². The fourth-order valence-electron chi connectivity index (χ4n) is 3.95. The van der Waals surface area contributed by atoms with Crippen molar-refractivity contribution in [2.75, 3.05) is 5.32 Å². The van der Waals surface area contributed by atoms with Gasteiger partial charge in [0.1, 0.15) is 11.6 Å². The van der Waals surface area contributed by atoms with Crippen LogP contribution in [0.1, 0.15) is 41.4 Å². The Balaban J connectivity index is 1.21. The Bertz CT molecular complexity index is 1040. The van der Waals surface area contributed by atoms with Gasteiger partial charge in [-0.2, -0.15) is 5.10 Å². The topological polar surface area (TPSA) is 88.6 Å². The Labute approximate surface area is 175 Å². The molecule has 0 fully saturated rings. The van der Waals surface area contributed by atoms with Gasteiger partial charge in [0.05, 0.1) is 30.6 Å². The van der Waals surface area contributed by atoms with Crippen LogP contribution in [0.15, 0.2) is 61.2 Å². The van der Waals surface area contributed by atoms with Gasteiger partial charge in [-0.05, 0) is 54.7 Å². The molecule has 3 heterocycles. The van der Waals surface area contributed by atoms with Crippen LogP contribution in [0, 0.1) is 0 Å². The Morgan fingerprint density at radius 2 is 2.07 bits per heavy atom. The number of hydrogen-bond acceptors (Lipinski definition) is 6. The standard InChI is InChI=1S/C23H24N6O/c1-2-17(13-20(3-1)30-15-16-6-9-24-10-7-16)23-25-11-8-22(28-23)27-19-4-5-21-18(12-19)14-26-29-21/h1,3-11,14,17,19-20H,2,12-13,15H2,(H,26,29)(H,25,27,28). The smallest absolute Gasteiger partial charge is 0.134 e. The molecule has 152 valence electrons. The van der Waals surface area contributed by atoms with Gasteiger partial charge in [-0.1, -0.05) is 18.2 Å². The van der Waals surface area contributed by atoms with Crippen molar-refractivity contribution >= 4 is 11.9 Å². The van der Waals surface area contributed by atoms with E-state index < -0.39 is 0 Å². The zero-order valence-electron chi connectivity index (χ0n) is 16.6. The molecular weight excluding hydrogens is 376 g/mol. The second-order valence-electron chi connectivity index (χ2n) is 7.72. The van der Waals surface area contributed by atoms with Gasteiger partial charge in [0, 0.05) is 24.5 Å². The molecule has 0 radical (unpaired) electrons. The van der Waals surface area contributed by atoms with Crippen LogP contribution in [-0.4, -0.2) is 37.3 Å². The number of nitrogens with one attached hydrogen (secondary N) is 2. The lowest BCUT2D eigenvalue weighted by atomic mass is 9.91. The summed E-state index contributed by atoms with van der Waals surface area (Å²) in [7, 11) is 0. The minimum absolute atomic E-state index is 0.0675. The molecule has 3 unspecified atom stereocenters. The molecule has 3 aromatic rings. The van der Waals surface area contributed by atoms with Gasteiger partial charge >= 0.3 is 0 Å². The third kappa shape index (κ3) is 4.31. The molecule has 0 bridgehead atoms. The van der Waals surface area contributed by atoms with Crippen LogP contribution in [0.5, 0.6) is 0 Å². The fraction of sp³-hybridized carbons (Fsp3) is 0.304. The van der Waals surface area contributed by atoms with Crippen LogP contribution in [0.3, 0.4) is 0 Å². The minimum Gasteiger partial charge on any atom is -0.369 e. The van der Waals surface area contributed by atoms with E-state index in [0.29, 0.717) is 6.61 Å². The summed E-state index contributed by atoms with van der Waals surface area (Å²) in [5.41, 5.74) is 3.43. The van der Waals surface area contributed by atoms with Crippen molar-refractivity contribution in [1.82, 2.24) is 25.1 Å². The van der Waals surface area contributed by atoms with Crippen LogP contribution in [0.25, 0.3) is 6.08 Å². The lowest BCUT2D eigenvalue weighted by molar-refractivity contribution is 0.0578.